The second-order valence-corrected chi connectivity index (χ2v) is 5.86. The fourth-order valence-corrected chi connectivity index (χ4v) is 2.83. The van der Waals surface area contributed by atoms with Crippen molar-refractivity contribution < 1.29 is 4.74 Å². The van der Waals surface area contributed by atoms with Gasteiger partial charge in [0.15, 0.2) is 5.72 Å². The average Bonchev–Trinajstić information content (AvgIpc) is 3.29. The van der Waals surface area contributed by atoms with E-state index in [1.54, 1.807) is 0 Å². The molecule has 1 unspecified atom stereocenters. The van der Waals surface area contributed by atoms with Crippen LogP contribution in [-0.2, 0) is 10.5 Å². The Bertz CT molecular complexity index is 780. The normalized spacial score (nSPS) is 21.8. The molecule has 1 atom stereocenters. The monoisotopic (exact) mass is 294 g/mol. The molecule has 1 spiro atoms. The molecule has 0 radical (unpaired) electrons. The van der Waals surface area contributed by atoms with E-state index < -0.39 is 0 Å². The quantitative estimate of drug-likeness (QED) is 0.660. The van der Waals surface area contributed by atoms with Crippen molar-refractivity contribution in [3.63, 3.8) is 0 Å². The molecular formula is C17H18N4O. The summed E-state index contributed by atoms with van der Waals surface area (Å²) in [4.78, 5) is 6.48. The van der Waals surface area contributed by atoms with Crippen LogP contribution in [0.2, 0.25) is 0 Å². The first-order valence-corrected chi connectivity index (χ1v) is 7.27. The number of nitrogens with one attached hydrogen (secondary N) is 1. The topological polar surface area (TPSA) is 66.2 Å². The number of ether oxygens (including phenoxy) is 1. The van der Waals surface area contributed by atoms with E-state index in [4.69, 9.17) is 10.5 Å². The zero-order valence-corrected chi connectivity index (χ0v) is 12.6. The molecule has 4 rings (SSSR count). The SMILES string of the molecule is Cc1ccc(N)cc1Nc1ccc2c(c1)C1(CO1)N(C)C=N2. The standard InChI is InChI=1S/C17H18N4O/c1-11-3-4-12(18)7-16(11)20-13-5-6-15-14(8-13)17(9-22-17)21(2)10-19-15/h3-8,10,20H,9,18H2,1-2H3. The predicted octanol–water partition coefficient (Wildman–Crippen LogP) is 3.11. The Balaban J connectivity index is 1.72. The number of hydrogen-bond acceptors (Lipinski definition) is 5. The fourth-order valence-electron chi connectivity index (χ4n) is 2.83. The number of nitrogens with two attached hydrogens (primary N) is 1. The van der Waals surface area contributed by atoms with E-state index >= 15 is 0 Å². The number of anilines is 3. The smallest absolute Gasteiger partial charge is 0.194 e. The molecule has 1 saturated heterocycles. The van der Waals surface area contributed by atoms with Crippen molar-refractivity contribution in [3.05, 3.63) is 47.5 Å². The van der Waals surface area contributed by atoms with Crippen molar-refractivity contribution in [1.29, 1.82) is 0 Å². The molecule has 2 aliphatic rings. The summed E-state index contributed by atoms with van der Waals surface area (Å²) < 4.78 is 5.71. The van der Waals surface area contributed by atoms with Gasteiger partial charge >= 0.3 is 0 Å². The van der Waals surface area contributed by atoms with E-state index in [1.165, 1.54) is 0 Å². The van der Waals surface area contributed by atoms with Crippen LogP contribution in [0.25, 0.3) is 0 Å². The number of benzene rings is 2. The maximum absolute atomic E-state index is 5.88. The maximum Gasteiger partial charge on any atom is 0.194 e. The molecule has 2 aliphatic heterocycles. The highest BCUT2D eigenvalue weighted by molar-refractivity contribution is 5.74. The highest BCUT2D eigenvalue weighted by Crippen LogP contribution is 2.48. The van der Waals surface area contributed by atoms with Crippen molar-refractivity contribution in [2.45, 2.75) is 12.6 Å². The number of epoxide rings is 1. The average molecular weight is 294 g/mol. The van der Waals surface area contributed by atoms with Crippen molar-refractivity contribution in [1.82, 2.24) is 4.90 Å². The van der Waals surface area contributed by atoms with E-state index in [9.17, 15) is 0 Å². The van der Waals surface area contributed by atoms with E-state index in [-0.39, 0.29) is 5.72 Å². The molecular weight excluding hydrogens is 276 g/mol. The van der Waals surface area contributed by atoms with Crippen LogP contribution >= 0.6 is 0 Å². The van der Waals surface area contributed by atoms with Gasteiger partial charge in [-0.1, -0.05) is 6.07 Å². The largest absolute Gasteiger partial charge is 0.399 e. The van der Waals surface area contributed by atoms with Crippen molar-refractivity contribution >= 4 is 29.1 Å². The first-order valence-electron chi connectivity index (χ1n) is 7.27. The lowest BCUT2D eigenvalue weighted by Gasteiger charge is -2.28. The van der Waals surface area contributed by atoms with Gasteiger partial charge < -0.3 is 20.7 Å². The van der Waals surface area contributed by atoms with Crippen molar-refractivity contribution in [3.8, 4) is 0 Å². The Hall–Kier alpha value is -2.53. The molecule has 1 fully saturated rings. The Labute approximate surface area is 129 Å². The summed E-state index contributed by atoms with van der Waals surface area (Å²) in [5.74, 6) is 0. The summed E-state index contributed by atoms with van der Waals surface area (Å²) in [6, 6.07) is 12.0. The van der Waals surface area contributed by atoms with Gasteiger partial charge in [0, 0.05) is 29.7 Å². The molecule has 0 aromatic heterocycles. The second-order valence-electron chi connectivity index (χ2n) is 5.86. The Morgan fingerprint density at radius 1 is 1.27 bits per heavy atom. The first kappa shape index (κ1) is 13.2. The molecule has 112 valence electrons. The molecule has 5 nitrogen and oxygen atoms in total. The molecule has 22 heavy (non-hydrogen) atoms. The highest BCUT2D eigenvalue weighted by atomic mass is 16.6. The van der Waals surface area contributed by atoms with Gasteiger partial charge in [-0.05, 0) is 42.8 Å². The number of fused-ring (bicyclic) bond motifs is 2. The van der Waals surface area contributed by atoms with Gasteiger partial charge in [0.1, 0.15) is 6.61 Å². The van der Waals surface area contributed by atoms with Gasteiger partial charge in [-0.15, -0.1) is 0 Å². The molecule has 0 bridgehead atoms. The molecule has 5 heteroatoms. The molecule has 0 aliphatic carbocycles. The molecule has 2 aromatic rings. The summed E-state index contributed by atoms with van der Waals surface area (Å²) in [6.45, 7) is 2.76. The number of likely N-dealkylation sites (N-methyl/N-ethyl adjacent to an activating group) is 1. The number of nitrogens with zero attached hydrogens (tertiary/aromatic N) is 2. The van der Waals surface area contributed by atoms with Gasteiger partial charge in [-0.3, -0.25) is 0 Å². The zero-order chi connectivity index (χ0) is 15.3. The zero-order valence-electron chi connectivity index (χ0n) is 12.6. The summed E-state index contributed by atoms with van der Waals surface area (Å²) in [6.07, 6.45) is 1.82. The lowest BCUT2D eigenvalue weighted by atomic mass is 10.0. The van der Waals surface area contributed by atoms with Gasteiger partial charge in [0.25, 0.3) is 0 Å². The molecule has 0 amide bonds. The maximum atomic E-state index is 5.88. The van der Waals surface area contributed by atoms with E-state index in [0.717, 1.165) is 33.9 Å². The Kier molecular flexibility index (Phi) is 2.68. The number of aliphatic imine (C=N–C) groups is 1. The lowest BCUT2D eigenvalue weighted by Crippen LogP contribution is -2.34. The first-order chi connectivity index (χ1) is 10.6. The van der Waals surface area contributed by atoms with Gasteiger partial charge in [-0.25, -0.2) is 4.99 Å². The second kappa shape index (κ2) is 4.48. The van der Waals surface area contributed by atoms with Gasteiger partial charge in [-0.2, -0.15) is 0 Å². The summed E-state index contributed by atoms with van der Waals surface area (Å²) in [7, 11) is 1.99. The minimum atomic E-state index is -0.334. The van der Waals surface area contributed by atoms with Crippen LogP contribution < -0.4 is 11.1 Å². The molecule has 2 aromatic carbocycles. The number of nitrogen functional groups attached to an aromatic ring is 1. The third kappa shape index (κ3) is 1.94. The van der Waals surface area contributed by atoms with Gasteiger partial charge in [0.2, 0.25) is 0 Å². The van der Waals surface area contributed by atoms with Crippen LogP contribution in [-0.4, -0.2) is 24.9 Å². The van der Waals surface area contributed by atoms with Crippen molar-refractivity contribution in [2.75, 3.05) is 24.7 Å². The fraction of sp³-hybridized carbons (Fsp3) is 0.235. The molecule has 2 heterocycles. The van der Waals surface area contributed by atoms with E-state index in [0.29, 0.717) is 6.61 Å². The molecule has 3 N–H and O–H groups in total. The number of rotatable bonds is 2. The summed E-state index contributed by atoms with van der Waals surface area (Å²) in [5, 5.41) is 3.44. The third-order valence-corrected chi connectivity index (χ3v) is 4.32. The third-order valence-electron chi connectivity index (χ3n) is 4.32. The van der Waals surface area contributed by atoms with Crippen LogP contribution in [0, 0.1) is 6.92 Å². The van der Waals surface area contributed by atoms with Crippen molar-refractivity contribution in [2.24, 2.45) is 4.99 Å². The van der Waals surface area contributed by atoms with Crippen LogP contribution in [0.5, 0.6) is 0 Å². The highest BCUT2D eigenvalue weighted by Gasteiger charge is 2.52. The number of hydrogen-bond donors (Lipinski definition) is 2. The Morgan fingerprint density at radius 3 is 2.86 bits per heavy atom. The lowest BCUT2D eigenvalue weighted by molar-refractivity contribution is 0.174. The minimum absolute atomic E-state index is 0.334. The minimum Gasteiger partial charge on any atom is -0.399 e. The van der Waals surface area contributed by atoms with Crippen LogP contribution in [0.15, 0.2) is 41.4 Å². The van der Waals surface area contributed by atoms with Crippen LogP contribution in [0.4, 0.5) is 22.7 Å². The van der Waals surface area contributed by atoms with E-state index in [1.807, 2.05) is 48.6 Å². The van der Waals surface area contributed by atoms with Gasteiger partial charge in [0.05, 0.1) is 12.0 Å². The molecule has 0 saturated carbocycles. The summed E-state index contributed by atoms with van der Waals surface area (Å²) >= 11 is 0. The van der Waals surface area contributed by atoms with Crippen LogP contribution in [0.3, 0.4) is 0 Å². The summed E-state index contributed by atoms with van der Waals surface area (Å²) in [5.41, 5.74) is 11.5. The Morgan fingerprint density at radius 2 is 2.09 bits per heavy atom. The number of aryl methyl sites for hydroxylation is 1. The van der Waals surface area contributed by atoms with Crippen LogP contribution in [0.1, 0.15) is 11.1 Å². The van der Waals surface area contributed by atoms with E-state index in [2.05, 4.69) is 23.3 Å². The predicted molar refractivity (Wildman–Crippen MR) is 88.9 cm³/mol.